The minimum Gasteiger partial charge on any atom is -1.00 e. The van der Waals surface area contributed by atoms with Crippen LogP contribution < -0.4 is 24.8 Å². The molecule has 0 bridgehead atoms. The minimum absolute atomic E-state index is 0. The van der Waals surface area contributed by atoms with Crippen molar-refractivity contribution in [2.45, 2.75) is 0 Å². The predicted octanol–water partition coefficient (Wildman–Crippen LogP) is 1.32. The van der Waals surface area contributed by atoms with E-state index in [4.69, 9.17) is 0 Å². The number of hydrogen-bond donors (Lipinski definition) is 0. The molecular formula is C20H40Cl2Zr-14. The van der Waals surface area contributed by atoms with Crippen molar-refractivity contribution in [1.29, 1.82) is 0 Å². The molecule has 0 atom stereocenters. The van der Waals surface area contributed by atoms with Crippen molar-refractivity contribution in [3.8, 4) is 0 Å². The fourth-order valence-electron chi connectivity index (χ4n) is 0.642. The van der Waals surface area contributed by atoms with Crippen molar-refractivity contribution in [3.63, 3.8) is 0 Å². The molecule has 0 amide bonds. The molecule has 2 aromatic rings. The normalized spacial score (nSPS) is 3.48. The maximum absolute atomic E-state index is 2.00. The zero-order valence-corrected chi connectivity index (χ0v) is 21.0. The molecule has 0 radical (unpaired) electrons. The minimum atomic E-state index is 0. The third kappa shape index (κ3) is 87.2. The van der Waals surface area contributed by atoms with E-state index in [1.807, 2.05) is 60.7 Å². The van der Waals surface area contributed by atoms with Crippen molar-refractivity contribution in [2.24, 2.45) is 0 Å². The molecule has 0 aromatic heterocycles. The van der Waals surface area contributed by atoms with Gasteiger partial charge in [-0.3, -0.25) is 0 Å². The van der Waals surface area contributed by atoms with Crippen LogP contribution in [0.25, 0.3) is 0 Å². The van der Waals surface area contributed by atoms with Gasteiger partial charge in [0.15, 0.2) is 0 Å². The molecule has 0 aliphatic rings. The van der Waals surface area contributed by atoms with E-state index >= 15 is 0 Å². The summed E-state index contributed by atoms with van der Waals surface area (Å²) in [6.45, 7) is 0. The first kappa shape index (κ1) is 110. The van der Waals surface area contributed by atoms with Gasteiger partial charge in [-0.2, -0.15) is 36.4 Å². The Balaban J connectivity index is -0.00000000505. The molecule has 23 heavy (non-hydrogen) atoms. The van der Waals surface area contributed by atoms with Crippen LogP contribution in [0.2, 0.25) is 0 Å². The maximum atomic E-state index is 2.00. The van der Waals surface area contributed by atoms with Gasteiger partial charge in [0.05, 0.1) is 0 Å². The van der Waals surface area contributed by atoms with Crippen molar-refractivity contribution in [1.82, 2.24) is 0 Å². The SMILES string of the molecule is [CH3-].[CH3-].[CH3-].[CH3-].[CH3-].[CH3-].[CH3-].[CH3-].[CH3-].[CH3-].[Cl-].[Cl-].[Zr].c1cc[cH-]c1.c1cc[cH-]c1. The first-order valence-corrected chi connectivity index (χ1v) is 3.33. The molecule has 2 aromatic carbocycles. The summed E-state index contributed by atoms with van der Waals surface area (Å²) in [4.78, 5) is 0. The van der Waals surface area contributed by atoms with Crippen LogP contribution in [0.1, 0.15) is 0 Å². The molecule has 3 heteroatoms. The summed E-state index contributed by atoms with van der Waals surface area (Å²) in [5, 5.41) is 0. The standard InChI is InChI=1S/2C5H5.10CH3.2ClH.Zr/c2*1-2-4-5-3-1;;;;;;;;;;;;;/h2*1-5H;10*1H3;2*1H;/q12*-1;;;/p-2. The number of hydrogen-bond acceptors (Lipinski definition) is 0. The molecule has 0 saturated carbocycles. The predicted molar refractivity (Wildman–Crippen MR) is 108 cm³/mol. The zero-order chi connectivity index (χ0) is 7.07. The molecule has 0 aliphatic heterocycles. The van der Waals surface area contributed by atoms with Gasteiger partial charge in [-0.15, -0.1) is 0 Å². The van der Waals surface area contributed by atoms with E-state index < -0.39 is 0 Å². The third-order valence-electron chi connectivity index (χ3n) is 1.11. The van der Waals surface area contributed by atoms with E-state index in [0.29, 0.717) is 0 Å². The fraction of sp³-hybridized carbons (Fsp3) is 0. The molecule has 0 saturated heterocycles. The van der Waals surface area contributed by atoms with Crippen LogP contribution in [-0.2, 0) is 26.2 Å². The fourth-order valence-corrected chi connectivity index (χ4v) is 0.642. The van der Waals surface area contributed by atoms with Crippen LogP contribution in [0.15, 0.2) is 60.7 Å². The van der Waals surface area contributed by atoms with Crippen molar-refractivity contribution < 1.29 is 51.0 Å². The Labute approximate surface area is 185 Å². The van der Waals surface area contributed by atoms with E-state index in [1.165, 1.54) is 0 Å². The Morgan fingerprint density at radius 3 is 0.522 bits per heavy atom. The van der Waals surface area contributed by atoms with E-state index in [9.17, 15) is 0 Å². The monoisotopic (exact) mass is 440 g/mol. The van der Waals surface area contributed by atoms with Crippen LogP contribution >= 0.6 is 0 Å². The summed E-state index contributed by atoms with van der Waals surface area (Å²) in [5.74, 6) is 0. The Bertz CT molecular complexity index is 155. The third-order valence-corrected chi connectivity index (χ3v) is 1.11. The average Bonchev–Trinajstić information content (AvgIpc) is 2.67. The van der Waals surface area contributed by atoms with Gasteiger partial charge in [0.2, 0.25) is 0 Å². The van der Waals surface area contributed by atoms with E-state index in [-0.39, 0.29) is 125 Å². The maximum Gasteiger partial charge on any atom is 0 e. The molecule has 0 heterocycles. The molecule has 152 valence electrons. The summed E-state index contributed by atoms with van der Waals surface area (Å²) in [6, 6.07) is 20.0. The van der Waals surface area contributed by atoms with Gasteiger partial charge >= 0.3 is 0 Å². The second-order valence-electron chi connectivity index (χ2n) is 1.92. The number of rotatable bonds is 0. The summed E-state index contributed by atoms with van der Waals surface area (Å²) in [7, 11) is 0. The van der Waals surface area contributed by atoms with Gasteiger partial charge in [-0.1, -0.05) is 0 Å². The van der Waals surface area contributed by atoms with Gasteiger partial charge in [0.1, 0.15) is 0 Å². The van der Waals surface area contributed by atoms with Crippen LogP contribution in [0.4, 0.5) is 0 Å². The number of halogens is 2. The van der Waals surface area contributed by atoms with E-state index in [2.05, 4.69) is 0 Å². The Morgan fingerprint density at radius 1 is 0.348 bits per heavy atom. The summed E-state index contributed by atoms with van der Waals surface area (Å²) in [6.07, 6.45) is 0. The van der Waals surface area contributed by atoms with Crippen LogP contribution in [0.3, 0.4) is 0 Å². The summed E-state index contributed by atoms with van der Waals surface area (Å²) >= 11 is 0. The van der Waals surface area contributed by atoms with Crippen LogP contribution in [0, 0.1) is 74.3 Å². The van der Waals surface area contributed by atoms with Gasteiger partial charge in [-0.25, -0.2) is 24.3 Å². The molecule has 0 spiro atoms. The molecule has 0 N–H and O–H groups in total. The second-order valence-corrected chi connectivity index (χ2v) is 1.92. The van der Waals surface area contributed by atoms with E-state index in [1.54, 1.807) is 0 Å². The van der Waals surface area contributed by atoms with Crippen LogP contribution in [-0.4, -0.2) is 0 Å². The molecular weight excluding hydrogens is 402 g/mol. The van der Waals surface area contributed by atoms with Gasteiger partial charge in [-0.05, 0) is 0 Å². The first-order chi connectivity index (χ1) is 5.00. The molecule has 2 rings (SSSR count). The van der Waals surface area contributed by atoms with Crippen molar-refractivity contribution in [3.05, 3.63) is 135 Å². The Hall–Kier alpha value is 0.163. The summed E-state index contributed by atoms with van der Waals surface area (Å²) in [5.41, 5.74) is 0. The average molecular weight is 443 g/mol. The Kier molecular flexibility index (Phi) is 460. The topological polar surface area (TPSA) is 0 Å². The molecule has 0 fully saturated rings. The zero-order valence-electron chi connectivity index (χ0n) is 17.0. The van der Waals surface area contributed by atoms with Gasteiger partial charge in [0, 0.05) is 26.2 Å². The molecule has 0 nitrogen and oxygen atoms in total. The van der Waals surface area contributed by atoms with Crippen molar-refractivity contribution in [2.75, 3.05) is 0 Å². The Morgan fingerprint density at radius 2 is 0.478 bits per heavy atom. The smallest absolute Gasteiger partial charge is 0 e. The quantitative estimate of drug-likeness (QED) is 0.540. The molecule has 0 aliphatic carbocycles. The van der Waals surface area contributed by atoms with Gasteiger partial charge in [0.25, 0.3) is 0 Å². The second kappa shape index (κ2) is 96.1. The van der Waals surface area contributed by atoms with Gasteiger partial charge < -0.3 is 99.1 Å². The largest absolute Gasteiger partial charge is 1.00 e. The van der Waals surface area contributed by atoms with Crippen LogP contribution in [0.5, 0.6) is 0 Å². The van der Waals surface area contributed by atoms with Crippen molar-refractivity contribution >= 4 is 0 Å². The summed E-state index contributed by atoms with van der Waals surface area (Å²) < 4.78 is 0. The van der Waals surface area contributed by atoms with E-state index in [0.717, 1.165) is 0 Å². The first-order valence-electron chi connectivity index (χ1n) is 3.33. The molecule has 0 unspecified atom stereocenters.